The second-order valence-electron chi connectivity index (χ2n) is 26.3. The topological polar surface area (TPSA) is 175 Å². The van der Waals surface area contributed by atoms with Gasteiger partial charge in [0.1, 0.15) is 24.4 Å². The van der Waals surface area contributed by atoms with E-state index in [1.54, 1.807) is 6.08 Å². The van der Waals surface area contributed by atoms with E-state index in [1.807, 2.05) is 6.08 Å². The minimum atomic E-state index is -1.57. The maximum absolute atomic E-state index is 13.0. The lowest BCUT2D eigenvalue weighted by Crippen LogP contribution is -2.60. The smallest absolute Gasteiger partial charge is 0.305 e. The summed E-state index contributed by atoms with van der Waals surface area (Å²) >= 11 is 0. The van der Waals surface area contributed by atoms with Gasteiger partial charge < -0.3 is 45.1 Å². The van der Waals surface area contributed by atoms with E-state index in [4.69, 9.17) is 14.2 Å². The minimum Gasteiger partial charge on any atom is -0.466 e. The zero-order chi connectivity index (χ0) is 63.7. The molecule has 88 heavy (non-hydrogen) atoms. The second kappa shape index (κ2) is 66.1. The molecule has 11 heteroatoms. The van der Waals surface area contributed by atoms with Gasteiger partial charge in [0.2, 0.25) is 5.91 Å². The predicted molar refractivity (Wildman–Crippen MR) is 370 cm³/mol. The summed E-state index contributed by atoms with van der Waals surface area (Å²) in [6, 6.07) is -0.806. The van der Waals surface area contributed by atoms with Crippen LogP contribution in [0.15, 0.2) is 48.6 Å². The third-order valence-electron chi connectivity index (χ3n) is 17.9. The molecule has 0 radical (unpaired) electrons. The molecular formula is C77H143NO10. The highest BCUT2D eigenvalue weighted by molar-refractivity contribution is 5.76. The molecule has 516 valence electrons. The minimum absolute atomic E-state index is 0.000411. The van der Waals surface area contributed by atoms with E-state index < -0.39 is 49.5 Å². The highest BCUT2D eigenvalue weighted by Crippen LogP contribution is 2.23. The van der Waals surface area contributed by atoms with Crippen molar-refractivity contribution in [2.75, 3.05) is 19.8 Å². The standard InChI is InChI=1S/C77H143NO10/c1-3-5-7-9-11-13-15-16-38-42-45-49-53-57-61-65-73(82)86-66-62-58-54-50-46-43-40-37-35-33-31-29-27-25-23-21-19-17-18-20-22-24-26-28-30-32-34-36-39-41-44-48-52-56-60-64-72(81)78-69(68-87-77-76(85)75(84)74(83)71(67-79)88-77)70(80)63-59-55-51-47-14-12-10-8-6-4-2/h11,13,16,19,21,38,59,63,69-71,74-77,79-80,83-85H,3-10,12,14-15,17-18,20,22-37,39-58,60-62,64-68H2,1-2H3,(H,78,81)/b13-11-,21-19-,38-16-,63-59+. The van der Waals surface area contributed by atoms with Crippen molar-refractivity contribution in [2.45, 2.75) is 410 Å². The molecule has 0 aromatic rings. The van der Waals surface area contributed by atoms with Crippen LogP contribution in [0, 0.1) is 0 Å². The number of carbonyl (C=O) groups is 2. The van der Waals surface area contributed by atoms with Crippen LogP contribution in [0.3, 0.4) is 0 Å². The Morgan fingerprint density at radius 2 is 0.761 bits per heavy atom. The van der Waals surface area contributed by atoms with Gasteiger partial charge in [0.05, 0.1) is 32.0 Å². The van der Waals surface area contributed by atoms with Gasteiger partial charge in [-0.25, -0.2) is 0 Å². The van der Waals surface area contributed by atoms with E-state index in [-0.39, 0.29) is 18.5 Å². The first-order chi connectivity index (χ1) is 43.2. The molecule has 1 fully saturated rings. The van der Waals surface area contributed by atoms with Gasteiger partial charge >= 0.3 is 5.97 Å². The van der Waals surface area contributed by atoms with Crippen LogP contribution >= 0.6 is 0 Å². The zero-order valence-electron chi connectivity index (χ0n) is 57.4. The molecule has 0 bridgehead atoms. The van der Waals surface area contributed by atoms with Crippen LogP contribution in [-0.2, 0) is 23.8 Å². The number of aliphatic hydroxyl groups excluding tert-OH is 5. The molecule has 1 heterocycles. The van der Waals surface area contributed by atoms with Gasteiger partial charge in [-0.2, -0.15) is 0 Å². The molecule has 7 atom stereocenters. The number of carbonyl (C=O) groups excluding carboxylic acids is 2. The number of ether oxygens (including phenoxy) is 3. The zero-order valence-corrected chi connectivity index (χ0v) is 57.4. The van der Waals surface area contributed by atoms with Crippen LogP contribution in [-0.4, -0.2) is 100 Å². The Kier molecular flexibility index (Phi) is 62.8. The fourth-order valence-electron chi connectivity index (χ4n) is 11.9. The van der Waals surface area contributed by atoms with Crippen LogP contribution in [0.4, 0.5) is 0 Å². The Hall–Kier alpha value is -2.38. The highest BCUT2D eigenvalue weighted by Gasteiger charge is 2.44. The van der Waals surface area contributed by atoms with Crippen molar-refractivity contribution < 1.29 is 49.3 Å². The number of rotatable bonds is 67. The number of unbranched alkanes of at least 4 members (excludes halogenated alkanes) is 47. The molecule has 0 aliphatic carbocycles. The quantitative estimate of drug-likeness (QED) is 0.0195. The van der Waals surface area contributed by atoms with Gasteiger partial charge in [-0.15, -0.1) is 0 Å². The lowest BCUT2D eigenvalue weighted by molar-refractivity contribution is -0.302. The molecule has 1 rings (SSSR count). The van der Waals surface area contributed by atoms with E-state index in [9.17, 15) is 35.1 Å². The van der Waals surface area contributed by atoms with E-state index >= 15 is 0 Å². The van der Waals surface area contributed by atoms with E-state index in [0.29, 0.717) is 19.4 Å². The molecular weight excluding hydrogens is 1100 g/mol. The Bertz CT molecular complexity index is 1600. The van der Waals surface area contributed by atoms with Gasteiger partial charge in [0.25, 0.3) is 0 Å². The first-order valence-corrected chi connectivity index (χ1v) is 37.9. The third-order valence-corrected chi connectivity index (χ3v) is 17.9. The van der Waals surface area contributed by atoms with Gasteiger partial charge in [-0.1, -0.05) is 313 Å². The van der Waals surface area contributed by atoms with E-state index in [1.165, 1.54) is 276 Å². The average Bonchev–Trinajstić information content (AvgIpc) is 3.63. The second-order valence-corrected chi connectivity index (χ2v) is 26.3. The van der Waals surface area contributed by atoms with Crippen LogP contribution in [0.25, 0.3) is 0 Å². The first-order valence-electron chi connectivity index (χ1n) is 37.9. The molecule has 1 saturated heterocycles. The summed E-state index contributed by atoms with van der Waals surface area (Å²) in [4.78, 5) is 25.1. The fourth-order valence-corrected chi connectivity index (χ4v) is 11.9. The van der Waals surface area contributed by atoms with Crippen molar-refractivity contribution in [2.24, 2.45) is 0 Å². The number of nitrogens with one attached hydrogen (secondary N) is 1. The number of allylic oxidation sites excluding steroid dienone is 7. The lowest BCUT2D eigenvalue weighted by Gasteiger charge is -2.40. The fraction of sp³-hybridized carbons (Fsp3) is 0.870. The van der Waals surface area contributed by atoms with Gasteiger partial charge in [0, 0.05) is 12.8 Å². The summed E-state index contributed by atoms with van der Waals surface area (Å²) in [5, 5.41) is 54.4. The Labute approximate surface area is 542 Å². The molecule has 0 spiro atoms. The number of esters is 1. The maximum Gasteiger partial charge on any atom is 0.305 e. The average molecular weight is 1240 g/mol. The van der Waals surface area contributed by atoms with Crippen molar-refractivity contribution >= 4 is 11.9 Å². The van der Waals surface area contributed by atoms with E-state index in [2.05, 4.69) is 55.6 Å². The molecule has 0 aromatic carbocycles. The summed E-state index contributed by atoms with van der Waals surface area (Å²) in [6.45, 7) is 4.33. The van der Waals surface area contributed by atoms with Crippen molar-refractivity contribution in [1.29, 1.82) is 0 Å². The molecule has 1 aliphatic rings. The first kappa shape index (κ1) is 83.6. The Morgan fingerprint density at radius 1 is 0.420 bits per heavy atom. The van der Waals surface area contributed by atoms with Gasteiger partial charge in [-0.3, -0.25) is 9.59 Å². The summed E-state index contributed by atoms with van der Waals surface area (Å²) in [5.74, 6) is -0.179. The highest BCUT2D eigenvalue weighted by atomic mass is 16.7. The van der Waals surface area contributed by atoms with Crippen molar-refractivity contribution in [3.05, 3.63) is 48.6 Å². The maximum atomic E-state index is 13.0. The number of amides is 1. The van der Waals surface area contributed by atoms with Crippen molar-refractivity contribution in [3.63, 3.8) is 0 Å². The van der Waals surface area contributed by atoms with Crippen LogP contribution in [0.5, 0.6) is 0 Å². The number of aliphatic hydroxyl groups is 5. The van der Waals surface area contributed by atoms with Gasteiger partial charge in [0.15, 0.2) is 6.29 Å². The van der Waals surface area contributed by atoms with Crippen molar-refractivity contribution in [3.8, 4) is 0 Å². The van der Waals surface area contributed by atoms with E-state index in [0.717, 1.165) is 64.2 Å². The lowest BCUT2D eigenvalue weighted by atomic mass is 9.99. The predicted octanol–water partition coefficient (Wildman–Crippen LogP) is 19.9. The summed E-state index contributed by atoms with van der Waals surface area (Å²) < 4.78 is 16.7. The van der Waals surface area contributed by atoms with Crippen LogP contribution < -0.4 is 5.32 Å². The summed E-state index contributed by atoms with van der Waals surface area (Å²) in [7, 11) is 0. The van der Waals surface area contributed by atoms with Crippen molar-refractivity contribution in [1.82, 2.24) is 5.32 Å². The molecule has 6 N–H and O–H groups in total. The largest absolute Gasteiger partial charge is 0.466 e. The molecule has 11 nitrogen and oxygen atoms in total. The SMILES string of the molecule is CCCCC/C=C\C/C=C\CCCCCCCC(=O)OCCCCCCCCCCCCCCCC/C=C\CCCCCCCCCCCCCCCCCCCC(=O)NC(COC1OC(CO)C(O)C(O)C1O)C(O)/C=C/CCCCCCCCCC. The van der Waals surface area contributed by atoms with Crippen LogP contribution in [0.1, 0.15) is 367 Å². The molecule has 7 unspecified atom stereocenters. The summed E-state index contributed by atoms with van der Waals surface area (Å²) in [5.41, 5.74) is 0. The Morgan fingerprint density at radius 3 is 1.18 bits per heavy atom. The normalized spacial score (nSPS) is 18.0. The monoisotopic (exact) mass is 1240 g/mol. The molecule has 1 aliphatic heterocycles. The summed E-state index contributed by atoms with van der Waals surface area (Å²) in [6.07, 6.45) is 77.1. The van der Waals surface area contributed by atoms with Crippen LogP contribution in [0.2, 0.25) is 0 Å². The third kappa shape index (κ3) is 54.2. The molecule has 1 amide bonds. The molecule has 0 saturated carbocycles. The number of hydrogen-bond acceptors (Lipinski definition) is 10. The molecule has 0 aromatic heterocycles. The number of hydrogen-bond donors (Lipinski definition) is 6. The van der Waals surface area contributed by atoms with Gasteiger partial charge in [-0.05, 0) is 89.9 Å². The Balaban J connectivity index is 1.89.